The van der Waals surface area contributed by atoms with Gasteiger partial charge in [0.15, 0.2) is 0 Å². The smallest absolute Gasteiger partial charge is 0.0140 e. The normalized spacial score (nSPS) is 20.7. The van der Waals surface area contributed by atoms with Gasteiger partial charge >= 0.3 is 0 Å². The Kier molecular flexibility index (Phi) is 2.65. The zero-order chi connectivity index (χ0) is 6.69. The van der Waals surface area contributed by atoms with Crippen LogP contribution in [0.5, 0.6) is 0 Å². The summed E-state index contributed by atoms with van der Waals surface area (Å²) < 4.78 is 0. The van der Waals surface area contributed by atoms with Crippen molar-refractivity contribution < 1.29 is 0 Å². The average molecular weight is 142 g/mol. The van der Waals surface area contributed by atoms with Gasteiger partial charge in [0.1, 0.15) is 0 Å². The predicted molar refractivity (Wildman–Crippen MR) is 44.7 cm³/mol. The summed E-state index contributed by atoms with van der Waals surface area (Å²) in [5.74, 6) is 0. The van der Waals surface area contributed by atoms with Crippen molar-refractivity contribution in [3.8, 4) is 0 Å². The first-order valence-electron chi connectivity index (χ1n) is 3.57. The third-order valence-corrected chi connectivity index (χ3v) is 2.97. The van der Waals surface area contributed by atoms with Crippen LogP contribution in [0.25, 0.3) is 0 Å². The van der Waals surface area contributed by atoms with E-state index in [2.05, 4.69) is 13.2 Å². The lowest BCUT2D eigenvalue weighted by Crippen LogP contribution is -1.92. The highest BCUT2D eigenvalue weighted by Crippen LogP contribution is 2.30. The van der Waals surface area contributed by atoms with Gasteiger partial charge in [-0.25, -0.2) is 0 Å². The lowest BCUT2D eigenvalue weighted by Gasteiger charge is -2.14. The largest absolute Gasteiger partial charge is 0.134 e. The molecule has 0 radical (unpaired) electrons. The molecule has 0 unspecified atom stereocenters. The molecule has 0 N–H and O–H groups in total. The Morgan fingerprint density at radius 3 is 2.33 bits per heavy atom. The zero-order valence-corrected chi connectivity index (χ0v) is 7.05. The van der Waals surface area contributed by atoms with Gasteiger partial charge in [-0.3, -0.25) is 0 Å². The molecule has 0 fully saturated rings. The van der Waals surface area contributed by atoms with Crippen molar-refractivity contribution >= 4 is 11.8 Å². The zero-order valence-electron chi connectivity index (χ0n) is 6.24. The van der Waals surface area contributed by atoms with E-state index >= 15 is 0 Å². The molecule has 0 nitrogen and oxygen atoms in total. The fourth-order valence-corrected chi connectivity index (χ4v) is 2.10. The summed E-state index contributed by atoms with van der Waals surface area (Å²) in [6, 6.07) is 0. The van der Waals surface area contributed by atoms with Crippen molar-refractivity contribution in [3.05, 3.63) is 10.5 Å². The van der Waals surface area contributed by atoms with Gasteiger partial charge in [-0.1, -0.05) is 5.57 Å². The minimum atomic E-state index is 1.34. The molecule has 9 heavy (non-hydrogen) atoms. The van der Waals surface area contributed by atoms with Crippen LogP contribution < -0.4 is 0 Å². The molecule has 0 heterocycles. The minimum Gasteiger partial charge on any atom is -0.134 e. The molecule has 0 saturated heterocycles. The first-order valence-corrected chi connectivity index (χ1v) is 4.79. The fraction of sp³-hybridized carbons (Fsp3) is 0.750. The maximum Gasteiger partial charge on any atom is -0.0140 e. The molecule has 0 saturated carbocycles. The second kappa shape index (κ2) is 3.31. The van der Waals surface area contributed by atoms with Crippen molar-refractivity contribution in [3.63, 3.8) is 0 Å². The quantitative estimate of drug-likeness (QED) is 0.542. The number of hydrogen-bond donors (Lipinski definition) is 0. The molecule has 1 aliphatic rings. The van der Waals surface area contributed by atoms with Crippen LogP contribution in [0.1, 0.15) is 32.6 Å². The SMILES string of the molecule is CSC1=C(C)CCCC1. The summed E-state index contributed by atoms with van der Waals surface area (Å²) in [4.78, 5) is 1.64. The molecule has 52 valence electrons. The van der Waals surface area contributed by atoms with Crippen molar-refractivity contribution in [1.82, 2.24) is 0 Å². The van der Waals surface area contributed by atoms with Gasteiger partial charge in [-0.15, -0.1) is 11.8 Å². The second-order valence-corrected chi connectivity index (χ2v) is 3.52. The molecule has 0 bridgehead atoms. The number of thioether (sulfide) groups is 1. The lowest BCUT2D eigenvalue weighted by molar-refractivity contribution is 0.695. The van der Waals surface area contributed by atoms with E-state index in [1.807, 2.05) is 11.8 Å². The van der Waals surface area contributed by atoms with E-state index in [-0.39, 0.29) is 0 Å². The van der Waals surface area contributed by atoms with Crippen LogP contribution in [-0.2, 0) is 0 Å². The van der Waals surface area contributed by atoms with E-state index in [9.17, 15) is 0 Å². The van der Waals surface area contributed by atoms with E-state index in [1.54, 1.807) is 10.5 Å². The van der Waals surface area contributed by atoms with Crippen LogP contribution >= 0.6 is 11.8 Å². The van der Waals surface area contributed by atoms with Gasteiger partial charge in [0, 0.05) is 0 Å². The molecule has 0 aromatic rings. The molecule has 0 atom stereocenters. The maximum absolute atomic E-state index is 2.27. The first kappa shape index (κ1) is 7.20. The van der Waals surface area contributed by atoms with Crippen molar-refractivity contribution in [2.24, 2.45) is 0 Å². The van der Waals surface area contributed by atoms with E-state index in [4.69, 9.17) is 0 Å². The van der Waals surface area contributed by atoms with Crippen LogP contribution in [0.3, 0.4) is 0 Å². The molecule has 0 spiro atoms. The van der Waals surface area contributed by atoms with Crippen LogP contribution in [-0.4, -0.2) is 6.26 Å². The van der Waals surface area contributed by atoms with Gasteiger partial charge in [0.25, 0.3) is 0 Å². The van der Waals surface area contributed by atoms with Crippen LogP contribution in [0.15, 0.2) is 10.5 Å². The number of allylic oxidation sites excluding steroid dienone is 2. The Morgan fingerprint density at radius 1 is 1.22 bits per heavy atom. The van der Waals surface area contributed by atoms with Gasteiger partial charge in [-0.2, -0.15) is 0 Å². The first-order chi connectivity index (χ1) is 4.34. The van der Waals surface area contributed by atoms with E-state index in [1.165, 1.54) is 25.7 Å². The van der Waals surface area contributed by atoms with Crippen LogP contribution in [0, 0.1) is 0 Å². The highest BCUT2D eigenvalue weighted by atomic mass is 32.2. The Hall–Kier alpha value is 0.0900. The van der Waals surface area contributed by atoms with E-state index < -0.39 is 0 Å². The van der Waals surface area contributed by atoms with Crippen molar-refractivity contribution in [2.75, 3.05) is 6.26 Å². The molecule has 0 aliphatic heterocycles. The number of hydrogen-bond acceptors (Lipinski definition) is 1. The van der Waals surface area contributed by atoms with Crippen molar-refractivity contribution in [1.29, 1.82) is 0 Å². The molecule has 0 aromatic heterocycles. The third kappa shape index (κ3) is 1.75. The Balaban J connectivity index is 2.59. The summed E-state index contributed by atoms with van der Waals surface area (Å²) in [6.07, 6.45) is 7.69. The molecule has 1 aliphatic carbocycles. The summed E-state index contributed by atoms with van der Waals surface area (Å²) >= 11 is 1.93. The fourth-order valence-electron chi connectivity index (χ4n) is 1.30. The second-order valence-electron chi connectivity index (χ2n) is 2.61. The van der Waals surface area contributed by atoms with Gasteiger partial charge in [-0.05, 0) is 43.8 Å². The van der Waals surface area contributed by atoms with Gasteiger partial charge in [0.2, 0.25) is 0 Å². The minimum absolute atomic E-state index is 1.34. The average Bonchev–Trinajstić information content (AvgIpc) is 1.89. The molecule has 1 rings (SSSR count). The van der Waals surface area contributed by atoms with Crippen LogP contribution in [0.4, 0.5) is 0 Å². The van der Waals surface area contributed by atoms with Crippen molar-refractivity contribution in [2.45, 2.75) is 32.6 Å². The Bertz CT molecular complexity index is 125. The Labute approximate surface area is 61.7 Å². The van der Waals surface area contributed by atoms with Crippen LogP contribution in [0.2, 0.25) is 0 Å². The predicted octanol–water partition coefficient (Wildman–Crippen LogP) is 3.20. The summed E-state index contributed by atoms with van der Waals surface area (Å²) in [5.41, 5.74) is 1.63. The van der Waals surface area contributed by atoms with E-state index in [0.717, 1.165) is 0 Å². The summed E-state index contributed by atoms with van der Waals surface area (Å²) in [7, 11) is 0. The summed E-state index contributed by atoms with van der Waals surface area (Å²) in [5, 5.41) is 0. The summed E-state index contributed by atoms with van der Waals surface area (Å²) in [6.45, 7) is 2.27. The number of rotatable bonds is 1. The highest BCUT2D eigenvalue weighted by Gasteiger charge is 2.06. The molecule has 1 heteroatoms. The lowest BCUT2D eigenvalue weighted by atomic mass is 10.0. The van der Waals surface area contributed by atoms with E-state index in [0.29, 0.717) is 0 Å². The molecular formula is C8H14S. The Morgan fingerprint density at radius 2 is 1.89 bits per heavy atom. The molecule has 0 aromatic carbocycles. The van der Waals surface area contributed by atoms with Gasteiger partial charge < -0.3 is 0 Å². The molecule has 0 amide bonds. The third-order valence-electron chi connectivity index (χ3n) is 1.93. The topological polar surface area (TPSA) is 0 Å². The van der Waals surface area contributed by atoms with Gasteiger partial charge in [0.05, 0.1) is 0 Å². The highest BCUT2D eigenvalue weighted by molar-refractivity contribution is 8.02. The standard InChI is InChI=1S/C8H14S/c1-7-5-3-4-6-8(7)9-2/h3-6H2,1-2H3. The monoisotopic (exact) mass is 142 g/mol. The molecular weight excluding hydrogens is 128 g/mol. The maximum atomic E-state index is 2.27.